The van der Waals surface area contributed by atoms with Crippen LogP contribution in [-0.2, 0) is 9.53 Å². The molecule has 0 N–H and O–H groups in total. The van der Waals surface area contributed by atoms with Gasteiger partial charge in [0.25, 0.3) is 0 Å². The van der Waals surface area contributed by atoms with E-state index >= 15 is 0 Å². The molecule has 0 aliphatic carbocycles. The first kappa shape index (κ1) is 6.51. The molecular formula is C4H3BrO2. The van der Waals surface area contributed by atoms with Gasteiger partial charge in [0.05, 0.1) is 0 Å². The van der Waals surface area contributed by atoms with E-state index in [9.17, 15) is 4.79 Å². The Morgan fingerprint density at radius 1 is 2.00 bits per heavy atom. The number of alkyl halides is 1. The molecule has 0 bridgehead atoms. The van der Waals surface area contributed by atoms with Gasteiger partial charge < -0.3 is 4.74 Å². The summed E-state index contributed by atoms with van der Waals surface area (Å²) in [7, 11) is 0. The summed E-state index contributed by atoms with van der Waals surface area (Å²) >= 11 is 2.85. The minimum Gasteiger partial charge on any atom is -0.372 e. The van der Waals surface area contributed by atoms with E-state index in [0.29, 0.717) is 0 Å². The number of carbonyl (C=O) groups excluding carboxylic acids is 1. The Morgan fingerprint density at radius 2 is 2.57 bits per heavy atom. The Kier molecular flexibility index (Phi) is 3.43. The zero-order valence-corrected chi connectivity index (χ0v) is 5.06. The van der Waals surface area contributed by atoms with Crippen LogP contribution in [0.25, 0.3) is 0 Å². The SMILES string of the molecule is C#COC(=O)CBr. The summed E-state index contributed by atoms with van der Waals surface area (Å²) in [6.07, 6.45) is 6.33. The lowest BCUT2D eigenvalue weighted by Gasteiger charge is -1.83. The largest absolute Gasteiger partial charge is 0.372 e. The van der Waals surface area contributed by atoms with Crippen molar-refractivity contribution in [3.05, 3.63) is 0 Å². The van der Waals surface area contributed by atoms with Gasteiger partial charge in [0.1, 0.15) is 11.4 Å². The predicted octanol–water partition coefficient (Wildman–Crippen LogP) is 0.515. The molecule has 0 amide bonds. The van der Waals surface area contributed by atoms with Gasteiger partial charge in [-0.1, -0.05) is 22.4 Å². The lowest BCUT2D eigenvalue weighted by molar-refractivity contribution is -0.133. The third kappa shape index (κ3) is 3.34. The molecular weight excluding hydrogens is 160 g/mol. The molecule has 0 heterocycles. The molecule has 7 heavy (non-hydrogen) atoms. The standard InChI is InChI=1S/C4H3BrO2/c1-2-7-4(6)3-5/h1H,3H2. The van der Waals surface area contributed by atoms with E-state index < -0.39 is 5.97 Å². The highest BCUT2D eigenvalue weighted by Gasteiger charge is 1.92. The molecule has 0 rings (SSSR count). The van der Waals surface area contributed by atoms with Crippen molar-refractivity contribution in [3.63, 3.8) is 0 Å². The second-order valence-electron chi connectivity index (χ2n) is 0.726. The topological polar surface area (TPSA) is 26.3 Å². The van der Waals surface area contributed by atoms with E-state index in [4.69, 9.17) is 0 Å². The summed E-state index contributed by atoms with van der Waals surface area (Å²) in [4.78, 5) is 10.0. The van der Waals surface area contributed by atoms with Crippen molar-refractivity contribution in [3.8, 4) is 12.5 Å². The zero-order chi connectivity index (χ0) is 5.70. The molecule has 0 saturated heterocycles. The van der Waals surface area contributed by atoms with Gasteiger partial charge in [-0.3, -0.25) is 4.79 Å². The number of rotatable bonds is 1. The molecule has 0 aromatic carbocycles. The average molecular weight is 163 g/mol. The van der Waals surface area contributed by atoms with Crippen molar-refractivity contribution < 1.29 is 9.53 Å². The summed E-state index contributed by atoms with van der Waals surface area (Å²) < 4.78 is 4.03. The van der Waals surface area contributed by atoms with E-state index in [2.05, 4.69) is 27.1 Å². The summed E-state index contributed by atoms with van der Waals surface area (Å²) in [5, 5.41) is 0.150. The number of esters is 1. The number of halogens is 1. The van der Waals surface area contributed by atoms with Crippen molar-refractivity contribution >= 4 is 21.9 Å². The molecule has 0 atom stereocenters. The summed E-state index contributed by atoms with van der Waals surface area (Å²) in [6.45, 7) is 0. The lowest BCUT2D eigenvalue weighted by atomic mass is 10.8. The first-order chi connectivity index (χ1) is 3.31. The summed E-state index contributed by atoms with van der Waals surface area (Å²) in [5.74, 6) is -0.442. The number of hydrogen-bond donors (Lipinski definition) is 0. The van der Waals surface area contributed by atoms with Crippen molar-refractivity contribution in [2.75, 3.05) is 5.33 Å². The van der Waals surface area contributed by atoms with Gasteiger partial charge in [0.2, 0.25) is 0 Å². The maximum absolute atomic E-state index is 10.0. The van der Waals surface area contributed by atoms with Crippen LogP contribution in [0.15, 0.2) is 0 Å². The smallest absolute Gasteiger partial charge is 0.330 e. The van der Waals surface area contributed by atoms with E-state index in [1.807, 2.05) is 0 Å². The van der Waals surface area contributed by atoms with Crippen molar-refractivity contribution in [2.24, 2.45) is 0 Å². The average Bonchev–Trinajstić information content (AvgIpc) is 1.68. The number of terminal acetylenes is 1. The minimum absolute atomic E-state index is 0.150. The molecule has 0 radical (unpaired) electrons. The molecule has 0 aliphatic heterocycles. The zero-order valence-electron chi connectivity index (χ0n) is 3.48. The lowest BCUT2D eigenvalue weighted by Crippen LogP contribution is -1.98. The van der Waals surface area contributed by atoms with Gasteiger partial charge in [-0.15, -0.1) is 0 Å². The number of ether oxygens (including phenoxy) is 1. The third-order valence-corrected chi connectivity index (χ3v) is 0.740. The first-order valence-corrected chi connectivity index (χ1v) is 2.64. The van der Waals surface area contributed by atoms with Gasteiger partial charge in [-0.2, -0.15) is 0 Å². The van der Waals surface area contributed by atoms with Gasteiger partial charge >= 0.3 is 5.97 Å². The van der Waals surface area contributed by atoms with E-state index in [-0.39, 0.29) is 5.33 Å². The Hall–Kier alpha value is -0.490. The number of hydrogen-bond acceptors (Lipinski definition) is 2. The maximum atomic E-state index is 10.0. The second-order valence-corrected chi connectivity index (χ2v) is 1.29. The number of carbonyl (C=O) groups is 1. The maximum Gasteiger partial charge on any atom is 0.330 e. The highest BCUT2D eigenvalue weighted by Crippen LogP contribution is 1.81. The summed E-state index contributed by atoms with van der Waals surface area (Å²) in [6, 6.07) is 0. The predicted molar refractivity (Wildman–Crippen MR) is 28.7 cm³/mol. The Morgan fingerprint density at radius 3 is 2.71 bits per heavy atom. The molecule has 0 aliphatic rings. The molecule has 2 nitrogen and oxygen atoms in total. The first-order valence-electron chi connectivity index (χ1n) is 1.52. The molecule has 0 unspecified atom stereocenters. The van der Waals surface area contributed by atoms with Crippen molar-refractivity contribution in [1.82, 2.24) is 0 Å². The van der Waals surface area contributed by atoms with Crippen LogP contribution in [-0.4, -0.2) is 11.3 Å². The van der Waals surface area contributed by atoms with Crippen LogP contribution < -0.4 is 0 Å². The van der Waals surface area contributed by atoms with E-state index in [1.165, 1.54) is 0 Å². The molecule has 0 spiro atoms. The van der Waals surface area contributed by atoms with Crippen LogP contribution in [0, 0.1) is 12.5 Å². The Labute approximate surface area is 50.0 Å². The van der Waals surface area contributed by atoms with Gasteiger partial charge in [-0.05, 0) is 0 Å². The third-order valence-electron chi connectivity index (χ3n) is 0.282. The van der Waals surface area contributed by atoms with Crippen molar-refractivity contribution in [2.45, 2.75) is 0 Å². The Bertz CT molecular complexity index is 103. The van der Waals surface area contributed by atoms with Crippen LogP contribution in [0.1, 0.15) is 0 Å². The van der Waals surface area contributed by atoms with E-state index in [1.54, 1.807) is 6.11 Å². The van der Waals surface area contributed by atoms with Crippen LogP contribution in [0.3, 0.4) is 0 Å². The summed E-state index contributed by atoms with van der Waals surface area (Å²) in [5.41, 5.74) is 0. The molecule has 0 aromatic heterocycles. The van der Waals surface area contributed by atoms with Crippen molar-refractivity contribution in [1.29, 1.82) is 0 Å². The fraction of sp³-hybridized carbons (Fsp3) is 0.250. The molecule has 0 fully saturated rings. The van der Waals surface area contributed by atoms with Crippen LogP contribution in [0.4, 0.5) is 0 Å². The quantitative estimate of drug-likeness (QED) is 0.320. The molecule has 3 heteroatoms. The fourth-order valence-corrected chi connectivity index (χ4v) is 0.207. The highest BCUT2D eigenvalue weighted by molar-refractivity contribution is 9.09. The van der Waals surface area contributed by atoms with Gasteiger partial charge in [0, 0.05) is 0 Å². The van der Waals surface area contributed by atoms with Crippen LogP contribution in [0.5, 0.6) is 0 Å². The normalized spacial score (nSPS) is 6.86. The van der Waals surface area contributed by atoms with Crippen LogP contribution >= 0.6 is 15.9 Å². The monoisotopic (exact) mass is 162 g/mol. The fourth-order valence-electron chi connectivity index (χ4n) is 0.0930. The van der Waals surface area contributed by atoms with Gasteiger partial charge in [0.15, 0.2) is 0 Å². The molecule has 38 valence electrons. The van der Waals surface area contributed by atoms with E-state index in [0.717, 1.165) is 0 Å². The van der Waals surface area contributed by atoms with Crippen LogP contribution in [0.2, 0.25) is 0 Å². The highest BCUT2D eigenvalue weighted by atomic mass is 79.9. The van der Waals surface area contributed by atoms with Gasteiger partial charge in [-0.25, -0.2) is 0 Å². The minimum atomic E-state index is -0.442. The molecule has 0 saturated carbocycles. The second kappa shape index (κ2) is 3.69. The molecule has 0 aromatic rings. The Balaban J connectivity index is 3.23.